The van der Waals surface area contributed by atoms with Crippen LogP contribution in [0.3, 0.4) is 0 Å². The zero-order valence-electron chi connectivity index (χ0n) is 15.3. The number of carbonyl (C=O) groups excluding carboxylic acids is 3. The maximum absolute atomic E-state index is 12.4. The number of nitrogens with one attached hydrogen (secondary N) is 2. The summed E-state index contributed by atoms with van der Waals surface area (Å²) in [5.74, 6) is -2.20. The van der Waals surface area contributed by atoms with Gasteiger partial charge >= 0.3 is 12.6 Å². The van der Waals surface area contributed by atoms with Gasteiger partial charge in [0, 0.05) is 0 Å². The highest BCUT2D eigenvalue weighted by atomic mass is 19.3. The van der Waals surface area contributed by atoms with E-state index in [9.17, 15) is 23.2 Å². The van der Waals surface area contributed by atoms with E-state index in [1.54, 1.807) is 24.3 Å². The molecule has 0 aliphatic rings. The minimum absolute atomic E-state index is 0.172. The van der Waals surface area contributed by atoms with Gasteiger partial charge in [0.1, 0.15) is 18.0 Å². The number of amides is 2. The third-order valence-corrected chi connectivity index (χ3v) is 3.49. The first-order valence-electron chi connectivity index (χ1n) is 8.31. The van der Waals surface area contributed by atoms with Crippen LogP contribution in [-0.4, -0.2) is 44.7 Å². The van der Waals surface area contributed by atoms with Crippen molar-refractivity contribution in [2.45, 2.75) is 6.61 Å². The molecule has 0 atom stereocenters. The van der Waals surface area contributed by atoms with E-state index < -0.39 is 37.5 Å². The average molecular weight is 408 g/mol. The average Bonchev–Trinajstić information content (AvgIpc) is 2.71. The van der Waals surface area contributed by atoms with Crippen LogP contribution < -0.4 is 20.1 Å². The lowest BCUT2D eigenvalue weighted by molar-refractivity contribution is -0.146. The van der Waals surface area contributed by atoms with Crippen LogP contribution >= 0.6 is 0 Å². The fourth-order valence-electron chi connectivity index (χ4n) is 2.23. The zero-order valence-corrected chi connectivity index (χ0v) is 15.3. The van der Waals surface area contributed by atoms with Gasteiger partial charge in [-0.1, -0.05) is 24.3 Å². The molecule has 2 aromatic rings. The van der Waals surface area contributed by atoms with Crippen LogP contribution in [0.15, 0.2) is 48.5 Å². The third-order valence-electron chi connectivity index (χ3n) is 3.49. The number of anilines is 1. The van der Waals surface area contributed by atoms with Gasteiger partial charge in [-0.3, -0.25) is 14.4 Å². The summed E-state index contributed by atoms with van der Waals surface area (Å²) in [5.41, 5.74) is 0.231. The smallest absolute Gasteiger partial charge is 0.387 e. The molecule has 0 fully saturated rings. The molecule has 2 amide bonds. The lowest BCUT2D eigenvalue weighted by Crippen LogP contribution is -2.32. The van der Waals surface area contributed by atoms with Gasteiger partial charge in [-0.25, -0.2) is 0 Å². The van der Waals surface area contributed by atoms with E-state index in [0.717, 1.165) is 0 Å². The quantitative estimate of drug-likeness (QED) is 0.617. The number of hydrogen-bond acceptors (Lipinski definition) is 6. The number of ether oxygens (including phenoxy) is 3. The van der Waals surface area contributed by atoms with Crippen LogP contribution in [0.1, 0.15) is 10.4 Å². The minimum atomic E-state index is -3.10. The number of carbonyl (C=O) groups is 3. The molecule has 0 saturated carbocycles. The van der Waals surface area contributed by atoms with E-state index in [4.69, 9.17) is 9.47 Å². The molecule has 0 saturated heterocycles. The second-order valence-electron chi connectivity index (χ2n) is 5.47. The number of alkyl halides is 2. The standard InChI is InChI=1S/C19H18F2N2O6/c1-27-15-9-5-3-7-13(15)23-16(24)11-28-17(25)10-22-18(26)12-6-2-4-8-14(12)29-19(20)21/h2-9,19H,10-11H2,1H3,(H,22,26)(H,23,24). The molecule has 0 bridgehead atoms. The second-order valence-corrected chi connectivity index (χ2v) is 5.47. The fraction of sp³-hybridized carbons (Fsp3) is 0.211. The van der Waals surface area contributed by atoms with Crippen molar-refractivity contribution in [1.29, 1.82) is 0 Å². The van der Waals surface area contributed by atoms with Gasteiger partial charge in [-0.2, -0.15) is 8.78 Å². The third kappa shape index (κ3) is 6.76. The molecule has 29 heavy (non-hydrogen) atoms. The van der Waals surface area contributed by atoms with Crippen LogP contribution in [-0.2, 0) is 14.3 Å². The van der Waals surface area contributed by atoms with Gasteiger partial charge in [0.2, 0.25) is 0 Å². The Morgan fingerprint density at radius 1 is 1.00 bits per heavy atom. The van der Waals surface area contributed by atoms with Crippen LogP contribution in [0.2, 0.25) is 0 Å². The Kier molecular flexibility index (Phi) is 7.89. The maximum atomic E-state index is 12.4. The number of esters is 1. The Bertz CT molecular complexity index is 875. The summed E-state index contributed by atoms with van der Waals surface area (Å²) in [5, 5.41) is 4.73. The molecule has 154 valence electrons. The van der Waals surface area contributed by atoms with E-state index >= 15 is 0 Å². The van der Waals surface area contributed by atoms with Crippen molar-refractivity contribution in [2.75, 3.05) is 25.6 Å². The number of para-hydroxylation sites is 3. The summed E-state index contributed by atoms with van der Waals surface area (Å²) in [6, 6.07) is 12.0. The number of halogens is 2. The largest absolute Gasteiger partial charge is 0.495 e. The highest BCUT2D eigenvalue weighted by molar-refractivity contribution is 5.98. The normalized spacial score (nSPS) is 10.2. The van der Waals surface area contributed by atoms with Gasteiger partial charge in [0.05, 0.1) is 18.4 Å². The Morgan fingerprint density at radius 3 is 2.34 bits per heavy atom. The molecule has 2 N–H and O–H groups in total. The van der Waals surface area contributed by atoms with Gasteiger partial charge in [-0.15, -0.1) is 0 Å². The van der Waals surface area contributed by atoms with Gasteiger partial charge in [0.15, 0.2) is 6.61 Å². The van der Waals surface area contributed by atoms with Crippen molar-refractivity contribution in [2.24, 2.45) is 0 Å². The van der Waals surface area contributed by atoms with Crippen molar-refractivity contribution in [1.82, 2.24) is 5.32 Å². The lowest BCUT2D eigenvalue weighted by atomic mass is 10.2. The fourth-order valence-corrected chi connectivity index (χ4v) is 2.23. The van der Waals surface area contributed by atoms with Crippen molar-refractivity contribution in [3.8, 4) is 11.5 Å². The first kappa shape index (κ1) is 21.6. The molecule has 0 heterocycles. The van der Waals surface area contributed by atoms with Crippen LogP contribution in [0.25, 0.3) is 0 Å². The molecule has 10 heteroatoms. The predicted molar refractivity (Wildman–Crippen MR) is 98.0 cm³/mol. The summed E-state index contributed by atoms with van der Waals surface area (Å²) in [7, 11) is 1.44. The van der Waals surface area contributed by atoms with Gasteiger partial charge in [0.25, 0.3) is 11.8 Å². The van der Waals surface area contributed by atoms with Crippen molar-refractivity contribution in [3.05, 3.63) is 54.1 Å². The summed E-state index contributed by atoms with van der Waals surface area (Å²) >= 11 is 0. The number of benzene rings is 2. The predicted octanol–water partition coefficient (Wildman–Crippen LogP) is 2.21. The molecule has 8 nitrogen and oxygen atoms in total. The summed E-state index contributed by atoms with van der Waals surface area (Å²) in [4.78, 5) is 35.7. The van der Waals surface area contributed by atoms with E-state index in [0.29, 0.717) is 11.4 Å². The summed E-state index contributed by atoms with van der Waals surface area (Å²) in [6.45, 7) is -4.25. The number of rotatable bonds is 9. The molecule has 0 radical (unpaired) electrons. The second kappa shape index (κ2) is 10.6. The molecular formula is C19H18F2N2O6. The Morgan fingerprint density at radius 2 is 1.66 bits per heavy atom. The topological polar surface area (TPSA) is 103 Å². The first-order chi connectivity index (χ1) is 13.9. The number of hydrogen-bond donors (Lipinski definition) is 2. The molecule has 0 aromatic heterocycles. The Labute approximate surface area is 164 Å². The van der Waals surface area contributed by atoms with E-state index in [2.05, 4.69) is 15.4 Å². The minimum Gasteiger partial charge on any atom is -0.495 e. The Hall–Kier alpha value is -3.69. The van der Waals surface area contributed by atoms with Gasteiger partial charge < -0.3 is 24.8 Å². The molecule has 0 spiro atoms. The summed E-state index contributed by atoms with van der Waals surface area (Å²) in [6.07, 6.45) is 0. The van der Waals surface area contributed by atoms with E-state index in [-0.39, 0.29) is 11.3 Å². The van der Waals surface area contributed by atoms with Crippen LogP contribution in [0.5, 0.6) is 11.5 Å². The highest BCUT2D eigenvalue weighted by Crippen LogP contribution is 2.23. The highest BCUT2D eigenvalue weighted by Gasteiger charge is 2.17. The van der Waals surface area contributed by atoms with Crippen LogP contribution in [0.4, 0.5) is 14.5 Å². The Balaban J connectivity index is 1.81. The molecular weight excluding hydrogens is 390 g/mol. The first-order valence-corrected chi connectivity index (χ1v) is 8.31. The van der Waals surface area contributed by atoms with E-state index in [1.165, 1.54) is 31.4 Å². The zero-order chi connectivity index (χ0) is 21.2. The maximum Gasteiger partial charge on any atom is 0.387 e. The molecule has 0 aliphatic carbocycles. The van der Waals surface area contributed by atoms with Gasteiger partial charge in [-0.05, 0) is 24.3 Å². The number of methoxy groups -OCH3 is 1. The van der Waals surface area contributed by atoms with Crippen molar-refractivity contribution >= 4 is 23.5 Å². The molecule has 0 aliphatic heterocycles. The SMILES string of the molecule is COc1ccccc1NC(=O)COC(=O)CNC(=O)c1ccccc1OC(F)F. The molecule has 2 rings (SSSR count). The van der Waals surface area contributed by atoms with Crippen molar-refractivity contribution in [3.63, 3.8) is 0 Å². The lowest BCUT2D eigenvalue weighted by Gasteiger charge is -2.11. The van der Waals surface area contributed by atoms with Crippen molar-refractivity contribution < 1.29 is 37.4 Å². The molecule has 2 aromatic carbocycles. The summed E-state index contributed by atoms with van der Waals surface area (Å²) < 4.78 is 38.9. The van der Waals surface area contributed by atoms with Crippen LogP contribution in [0, 0.1) is 0 Å². The molecule has 0 unspecified atom stereocenters. The van der Waals surface area contributed by atoms with E-state index in [1.807, 2.05) is 0 Å². The monoisotopic (exact) mass is 408 g/mol.